The monoisotopic (exact) mass is 470 g/mol. The number of oxazole rings is 1. The fraction of sp³-hybridized carbons (Fsp3) is 0.200. The zero-order chi connectivity index (χ0) is 24.5. The van der Waals surface area contributed by atoms with Crippen LogP contribution in [0.5, 0.6) is 5.75 Å². The number of ether oxygens (including phenoxy) is 1. The quantitative estimate of drug-likeness (QED) is 0.372. The Bertz CT molecular complexity index is 1650. The van der Waals surface area contributed by atoms with Gasteiger partial charge in [-0.25, -0.2) is 19.7 Å². The topological polar surface area (TPSA) is 118 Å². The summed E-state index contributed by atoms with van der Waals surface area (Å²) in [6.45, 7) is 4.08. The van der Waals surface area contributed by atoms with Crippen LogP contribution >= 0.6 is 0 Å². The van der Waals surface area contributed by atoms with E-state index in [4.69, 9.17) is 9.15 Å². The van der Waals surface area contributed by atoms with E-state index >= 15 is 0 Å². The van der Waals surface area contributed by atoms with Crippen molar-refractivity contribution in [2.75, 3.05) is 6.61 Å². The maximum atomic E-state index is 13.3. The molecule has 0 N–H and O–H groups in total. The Morgan fingerprint density at radius 3 is 2.60 bits per heavy atom. The molecule has 1 aromatic carbocycles. The summed E-state index contributed by atoms with van der Waals surface area (Å²) in [6.07, 6.45) is 4.69. The van der Waals surface area contributed by atoms with E-state index in [2.05, 4.69) is 19.9 Å². The molecule has 35 heavy (non-hydrogen) atoms. The van der Waals surface area contributed by atoms with Crippen molar-refractivity contribution in [2.45, 2.75) is 20.4 Å². The lowest BCUT2D eigenvalue weighted by atomic mass is 10.2. The molecule has 10 heteroatoms. The largest absolute Gasteiger partial charge is 0.493 e. The maximum absolute atomic E-state index is 13.3. The van der Waals surface area contributed by atoms with Gasteiger partial charge in [0.05, 0.1) is 18.7 Å². The summed E-state index contributed by atoms with van der Waals surface area (Å²) >= 11 is 0. The lowest BCUT2D eigenvalue weighted by Crippen LogP contribution is -2.40. The Hall–Kier alpha value is -4.60. The van der Waals surface area contributed by atoms with E-state index in [1.54, 1.807) is 38.5 Å². The van der Waals surface area contributed by atoms with Crippen LogP contribution in [0.25, 0.3) is 33.9 Å². The van der Waals surface area contributed by atoms with Crippen molar-refractivity contribution in [1.29, 1.82) is 0 Å². The summed E-state index contributed by atoms with van der Waals surface area (Å²) in [4.78, 5) is 43.8. The third-order valence-electron chi connectivity index (χ3n) is 5.64. The van der Waals surface area contributed by atoms with Gasteiger partial charge in [0.1, 0.15) is 22.6 Å². The molecule has 0 atom stereocenters. The first-order chi connectivity index (χ1) is 17.0. The average Bonchev–Trinajstić information content (AvgIpc) is 3.25. The molecule has 5 rings (SSSR count). The van der Waals surface area contributed by atoms with Crippen LogP contribution < -0.4 is 16.0 Å². The summed E-state index contributed by atoms with van der Waals surface area (Å²) in [5.74, 6) is 1.91. The highest BCUT2D eigenvalue weighted by molar-refractivity contribution is 5.75. The van der Waals surface area contributed by atoms with Crippen LogP contribution in [0.2, 0.25) is 0 Å². The molecule has 176 valence electrons. The number of hydrogen-bond acceptors (Lipinski definition) is 8. The van der Waals surface area contributed by atoms with E-state index in [-0.39, 0.29) is 17.6 Å². The van der Waals surface area contributed by atoms with Crippen molar-refractivity contribution >= 4 is 11.0 Å². The summed E-state index contributed by atoms with van der Waals surface area (Å²) in [7, 11) is 1.57. The van der Waals surface area contributed by atoms with E-state index in [0.717, 1.165) is 10.1 Å². The second-order valence-electron chi connectivity index (χ2n) is 7.85. The van der Waals surface area contributed by atoms with Crippen LogP contribution in [0.3, 0.4) is 0 Å². The van der Waals surface area contributed by atoms with Crippen molar-refractivity contribution in [2.24, 2.45) is 7.05 Å². The fourth-order valence-electron chi connectivity index (χ4n) is 3.83. The van der Waals surface area contributed by atoms with Gasteiger partial charge in [0, 0.05) is 31.2 Å². The van der Waals surface area contributed by atoms with Gasteiger partial charge in [-0.1, -0.05) is 12.1 Å². The molecule has 4 heterocycles. The van der Waals surface area contributed by atoms with Gasteiger partial charge >= 0.3 is 5.69 Å². The molecule has 10 nitrogen and oxygen atoms in total. The number of nitrogens with zero attached hydrogens (tertiary/aromatic N) is 6. The zero-order valence-corrected chi connectivity index (χ0v) is 19.4. The number of benzene rings is 1. The summed E-state index contributed by atoms with van der Waals surface area (Å²) < 4.78 is 14.0. The van der Waals surface area contributed by atoms with Crippen LogP contribution in [-0.2, 0) is 13.6 Å². The number of fused-ring (bicyclic) bond motifs is 1. The van der Waals surface area contributed by atoms with Gasteiger partial charge in [-0.3, -0.25) is 18.9 Å². The molecule has 0 spiro atoms. The van der Waals surface area contributed by atoms with Gasteiger partial charge in [0.2, 0.25) is 5.89 Å². The first-order valence-electron chi connectivity index (χ1n) is 11.0. The molecule has 0 saturated carbocycles. The summed E-state index contributed by atoms with van der Waals surface area (Å²) in [5.41, 5.74) is 1.14. The van der Waals surface area contributed by atoms with Crippen molar-refractivity contribution in [3.8, 4) is 28.6 Å². The smallest absolute Gasteiger partial charge is 0.332 e. The minimum absolute atomic E-state index is 0.0559. The van der Waals surface area contributed by atoms with Gasteiger partial charge < -0.3 is 9.15 Å². The normalized spacial score (nSPS) is 11.2. The molecule has 0 amide bonds. The second kappa shape index (κ2) is 8.98. The number of rotatable bonds is 6. The standard InChI is InChI=1S/C25H22N6O4/c1-4-34-20-8-6-5-7-17(20)23-28-19(15(2)35-23)14-31-24(32)18-13-27-21(16-9-11-26-12-10-16)29-22(18)30(3)25(31)33/h5-13H,4,14H2,1-3H3. The van der Waals surface area contributed by atoms with Gasteiger partial charge in [0.15, 0.2) is 11.5 Å². The van der Waals surface area contributed by atoms with Crippen LogP contribution in [-0.4, -0.2) is 35.7 Å². The lowest BCUT2D eigenvalue weighted by molar-refractivity contribution is 0.340. The Balaban J connectivity index is 1.57. The minimum atomic E-state index is -0.513. The number of pyridine rings is 1. The van der Waals surface area contributed by atoms with Crippen LogP contribution in [0.4, 0.5) is 0 Å². The molecule has 0 fully saturated rings. The third kappa shape index (κ3) is 3.99. The Labute approximate surface area is 199 Å². The van der Waals surface area contributed by atoms with E-state index in [1.807, 2.05) is 31.2 Å². The van der Waals surface area contributed by atoms with Crippen molar-refractivity contribution in [3.05, 3.63) is 87.3 Å². The van der Waals surface area contributed by atoms with Gasteiger partial charge in [0.25, 0.3) is 5.56 Å². The first-order valence-corrected chi connectivity index (χ1v) is 11.0. The van der Waals surface area contributed by atoms with Crippen LogP contribution in [0.1, 0.15) is 18.4 Å². The van der Waals surface area contributed by atoms with E-state index < -0.39 is 11.2 Å². The lowest BCUT2D eigenvalue weighted by Gasteiger charge is -2.10. The second-order valence-corrected chi connectivity index (χ2v) is 7.85. The number of aromatic nitrogens is 6. The van der Waals surface area contributed by atoms with Gasteiger partial charge in [-0.05, 0) is 38.1 Å². The van der Waals surface area contributed by atoms with E-state index in [0.29, 0.717) is 41.1 Å². The van der Waals surface area contributed by atoms with Crippen LogP contribution in [0.15, 0.2) is 69.0 Å². The maximum Gasteiger partial charge on any atom is 0.332 e. The molecule has 4 aromatic heterocycles. The molecule has 0 aliphatic carbocycles. The van der Waals surface area contributed by atoms with Crippen molar-refractivity contribution in [3.63, 3.8) is 0 Å². The molecule has 0 aliphatic rings. The van der Waals surface area contributed by atoms with Crippen LogP contribution in [0, 0.1) is 6.92 Å². The fourth-order valence-corrected chi connectivity index (χ4v) is 3.83. The van der Waals surface area contributed by atoms with Crippen molar-refractivity contribution < 1.29 is 9.15 Å². The molecule has 0 bridgehead atoms. The van der Waals surface area contributed by atoms with Gasteiger partial charge in [-0.15, -0.1) is 0 Å². The zero-order valence-electron chi connectivity index (χ0n) is 19.4. The summed E-state index contributed by atoms with van der Waals surface area (Å²) in [5, 5.41) is 0.230. The SMILES string of the molecule is CCOc1ccccc1-c1nc(Cn2c(=O)c3cnc(-c4ccncc4)nc3n(C)c2=O)c(C)o1. The molecular formula is C25H22N6O4. The number of hydrogen-bond donors (Lipinski definition) is 0. The molecule has 0 unspecified atom stereocenters. The van der Waals surface area contributed by atoms with E-state index in [9.17, 15) is 9.59 Å². The molecule has 0 radical (unpaired) electrons. The first kappa shape index (κ1) is 22.2. The highest BCUT2D eigenvalue weighted by Gasteiger charge is 2.19. The highest BCUT2D eigenvalue weighted by Crippen LogP contribution is 2.30. The Kier molecular flexibility index (Phi) is 5.69. The van der Waals surface area contributed by atoms with E-state index in [1.165, 1.54) is 10.8 Å². The highest BCUT2D eigenvalue weighted by atomic mass is 16.5. The predicted octanol–water partition coefficient (Wildman–Crippen LogP) is 2.96. The Morgan fingerprint density at radius 1 is 1.06 bits per heavy atom. The summed E-state index contributed by atoms with van der Waals surface area (Å²) in [6, 6.07) is 10.9. The molecule has 0 aliphatic heterocycles. The average molecular weight is 470 g/mol. The van der Waals surface area contributed by atoms with Gasteiger partial charge in [-0.2, -0.15) is 0 Å². The number of para-hydroxylation sites is 1. The molecule has 5 aromatic rings. The number of aryl methyl sites for hydroxylation is 2. The third-order valence-corrected chi connectivity index (χ3v) is 5.64. The molecular weight excluding hydrogens is 448 g/mol. The Morgan fingerprint density at radius 2 is 1.83 bits per heavy atom. The predicted molar refractivity (Wildman–Crippen MR) is 129 cm³/mol. The molecule has 0 saturated heterocycles. The minimum Gasteiger partial charge on any atom is -0.493 e. The van der Waals surface area contributed by atoms with Crippen molar-refractivity contribution in [1.82, 2.24) is 29.1 Å².